The molecule has 110 valence electrons. The van der Waals surface area contributed by atoms with Crippen molar-refractivity contribution in [3.05, 3.63) is 0 Å². The number of likely N-dealkylation sites (tertiary alicyclic amines) is 1. The number of β-amino-alcohol motifs (C(OH)–C–C–N with tert-alkyl or cyclic N) is 1. The number of amides is 2. The Morgan fingerprint density at radius 1 is 1.42 bits per heavy atom. The van der Waals surface area contributed by atoms with Crippen LogP contribution < -0.4 is 0 Å². The van der Waals surface area contributed by atoms with E-state index in [1.54, 1.807) is 0 Å². The van der Waals surface area contributed by atoms with Crippen LogP contribution in [-0.4, -0.2) is 70.5 Å². The number of halogens is 3. The van der Waals surface area contributed by atoms with Crippen molar-refractivity contribution >= 4 is 12.0 Å². The quantitative estimate of drug-likeness (QED) is 0.791. The van der Waals surface area contributed by atoms with Crippen LogP contribution in [0.1, 0.15) is 12.8 Å². The molecule has 0 radical (unpaired) electrons. The monoisotopic (exact) mass is 284 g/mol. The molecule has 0 aliphatic carbocycles. The van der Waals surface area contributed by atoms with Gasteiger partial charge in [-0.3, -0.25) is 0 Å². The molecule has 0 aromatic rings. The van der Waals surface area contributed by atoms with E-state index in [-0.39, 0.29) is 13.0 Å². The Bertz CT molecular complexity index is 361. The van der Waals surface area contributed by atoms with E-state index >= 15 is 0 Å². The molecule has 1 aliphatic rings. The first kappa shape index (κ1) is 15.5. The van der Waals surface area contributed by atoms with Gasteiger partial charge in [-0.1, -0.05) is 0 Å². The molecule has 1 fully saturated rings. The highest BCUT2D eigenvalue weighted by atomic mass is 19.4. The summed E-state index contributed by atoms with van der Waals surface area (Å²) in [6.07, 6.45) is -6.64. The van der Waals surface area contributed by atoms with E-state index in [4.69, 9.17) is 5.11 Å². The van der Waals surface area contributed by atoms with Crippen molar-refractivity contribution in [2.75, 3.05) is 20.1 Å². The molecule has 0 spiro atoms. The van der Waals surface area contributed by atoms with Gasteiger partial charge in [-0.25, -0.2) is 9.59 Å². The van der Waals surface area contributed by atoms with Gasteiger partial charge in [0.15, 0.2) is 0 Å². The number of carbonyl (C=O) groups is 2. The zero-order valence-electron chi connectivity index (χ0n) is 10.2. The molecular weight excluding hydrogens is 269 g/mol. The predicted octanol–water partition coefficient (Wildman–Crippen LogP) is 0.510. The van der Waals surface area contributed by atoms with Crippen molar-refractivity contribution < 1.29 is 33.0 Å². The second-order valence-electron chi connectivity index (χ2n) is 4.47. The summed E-state index contributed by atoms with van der Waals surface area (Å²) in [7, 11) is 1.16. The average molecular weight is 284 g/mol. The van der Waals surface area contributed by atoms with Gasteiger partial charge in [-0.05, 0) is 0 Å². The Balaban J connectivity index is 2.63. The smallest absolute Gasteiger partial charge is 0.390 e. The minimum absolute atomic E-state index is 0.117. The number of aliphatic hydroxyl groups is 1. The van der Waals surface area contributed by atoms with Gasteiger partial charge in [-0.15, -0.1) is 0 Å². The lowest BCUT2D eigenvalue weighted by atomic mass is 10.2. The molecule has 0 bridgehead atoms. The number of carbonyl (C=O) groups excluding carboxylic acids is 1. The first-order valence-corrected chi connectivity index (χ1v) is 5.61. The summed E-state index contributed by atoms with van der Waals surface area (Å²) in [6, 6.07) is -2.02. The Hall–Kier alpha value is -1.51. The van der Waals surface area contributed by atoms with E-state index in [0.29, 0.717) is 0 Å². The van der Waals surface area contributed by atoms with Gasteiger partial charge < -0.3 is 20.0 Å². The second kappa shape index (κ2) is 5.64. The van der Waals surface area contributed by atoms with E-state index < -0.39 is 43.3 Å². The minimum atomic E-state index is -4.38. The van der Waals surface area contributed by atoms with Gasteiger partial charge in [0.25, 0.3) is 0 Å². The van der Waals surface area contributed by atoms with Crippen molar-refractivity contribution in [3.63, 3.8) is 0 Å². The molecular formula is C10H15F3N2O4. The van der Waals surface area contributed by atoms with Crippen LogP contribution in [0.4, 0.5) is 18.0 Å². The zero-order valence-corrected chi connectivity index (χ0v) is 10.2. The molecule has 1 rings (SSSR count). The number of alkyl halides is 3. The fourth-order valence-corrected chi connectivity index (χ4v) is 1.87. The van der Waals surface area contributed by atoms with Crippen molar-refractivity contribution in [2.45, 2.75) is 31.2 Å². The first-order chi connectivity index (χ1) is 8.61. The summed E-state index contributed by atoms with van der Waals surface area (Å²) in [5, 5.41) is 18.2. The number of nitrogens with zero attached hydrogens (tertiary/aromatic N) is 2. The van der Waals surface area contributed by atoms with Gasteiger partial charge >= 0.3 is 18.2 Å². The van der Waals surface area contributed by atoms with Crippen LogP contribution in [0.5, 0.6) is 0 Å². The van der Waals surface area contributed by atoms with E-state index in [1.165, 1.54) is 0 Å². The second-order valence-corrected chi connectivity index (χ2v) is 4.47. The van der Waals surface area contributed by atoms with Crippen LogP contribution in [0.25, 0.3) is 0 Å². The zero-order chi connectivity index (χ0) is 14.8. The standard InChI is InChI=1S/C10H15F3N2O4/c1-14(3-2-10(11,12)13)9(19)15-5-6(16)4-7(15)8(17)18/h6-7,16H,2-5H2,1H3,(H,17,18)/t6?,7-/m0/s1. The molecule has 2 N–H and O–H groups in total. The largest absolute Gasteiger partial charge is 0.480 e. The third-order valence-electron chi connectivity index (χ3n) is 2.87. The number of carboxylic acids is 1. The molecule has 1 heterocycles. The summed E-state index contributed by atoms with van der Waals surface area (Å²) in [5.41, 5.74) is 0. The lowest BCUT2D eigenvalue weighted by Crippen LogP contribution is -2.47. The SMILES string of the molecule is CN(CCC(F)(F)F)C(=O)N1CC(O)C[C@H]1C(=O)O. The van der Waals surface area contributed by atoms with Gasteiger partial charge in [0.2, 0.25) is 0 Å². The van der Waals surface area contributed by atoms with Crippen LogP contribution in [0, 0.1) is 0 Å². The number of carboxylic acid groups (broad SMARTS) is 1. The average Bonchev–Trinajstić information content (AvgIpc) is 2.66. The molecule has 9 heteroatoms. The lowest BCUT2D eigenvalue weighted by Gasteiger charge is -2.27. The van der Waals surface area contributed by atoms with E-state index in [0.717, 1.165) is 16.8 Å². The van der Waals surface area contributed by atoms with Crippen molar-refractivity contribution in [3.8, 4) is 0 Å². The fourth-order valence-electron chi connectivity index (χ4n) is 1.87. The summed E-state index contributed by atoms with van der Waals surface area (Å²) in [6.45, 7) is -0.743. The normalized spacial score (nSPS) is 23.5. The molecule has 1 saturated heterocycles. The van der Waals surface area contributed by atoms with Gasteiger partial charge in [-0.2, -0.15) is 13.2 Å². The first-order valence-electron chi connectivity index (χ1n) is 5.61. The number of hydrogen-bond donors (Lipinski definition) is 2. The molecule has 19 heavy (non-hydrogen) atoms. The Morgan fingerprint density at radius 2 is 2.00 bits per heavy atom. The Morgan fingerprint density at radius 3 is 2.47 bits per heavy atom. The van der Waals surface area contributed by atoms with Crippen LogP contribution in [-0.2, 0) is 4.79 Å². The predicted molar refractivity (Wildman–Crippen MR) is 57.5 cm³/mol. The topological polar surface area (TPSA) is 81.1 Å². The van der Waals surface area contributed by atoms with Crippen LogP contribution in [0.15, 0.2) is 0 Å². The molecule has 0 saturated carbocycles. The summed E-state index contributed by atoms with van der Waals surface area (Å²) < 4.78 is 36.1. The number of aliphatic hydroxyl groups excluding tert-OH is 1. The number of hydrogen-bond acceptors (Lipinski definition) is 3. The van der Waals surface area contributed by atoms with Crippen molar-refractivity contribution in [1.29, 1.82) is 0 Å². The van der Waals surface area contributed by atoms with Crippen LogP contribution >= 0.6 is 0 Å². The fraction of sp³-hybridized carbons (Fsp3) is 0.800. The summed E-state index contributed by atoms with van der Waals surface area (Å²) in [5.74, 6) is -1.28. The molecule has 2 atom stereocenters. The third kappa shape index (κ3) is 4.27. The molecule has 0 aromatic heterocycles. The van der Waals surface area contributed by atoms with Gasteiger partial charge in [0.1, 0.15) is 6.04 Å². The molecule has 0 aromatic carbocycles. The highest BCUT2D eigenvalue weighted by molar-refractivity contribution is 5.83. The highest BCUT2D eigenvalue weighted by Gasteiger charge is 2.40. The number of rotatable bonds is 3. The lowest BCUT2D eigenvalue weighted by molar-refractivity contribution is -0.142. The van der Waals surface area contributed by atoms with Crippen LogP contribution in [0.3, 0.4) is 0 Å². The summed E-state index contributed by atoms with van der Waals surface area (Å²) >= 11 is 0. The van der Waals surface area contributed by atoms with Crippen molar-refractivity contribution in [2.24, 2.45) is 0 Å². The van der Waals surface area contributed by atoms with E-state index in [1.807, 2.05) is 0 Å². The number of aliphatic carboxylic acids is 1. The molecule has 6 nitrogen and oxygen atoms in total. The van der Waals surface area contributed by atoms with Gasteiger partial charge in [0.05, 0.1) is 12.5 Å². The maximum atomic E-state index is 12.0. The molecule has 1 aliphatic heterocycles. The minimum Gasteiger partial charge on any atom is -0.480 e. The van der Waals surface area contributed by atoms with Crippen molar-refractivity contribution in [1.82, 2.24) is 9.80 Å². The third-order valence-corrected chi connectivity index (χ3v) is 2.87. The Labute approximate surface area is 107 Å². The van der Waals surface area contributed by atoms with E-state index in [2.05, 4.69) is 0 Å². The van der Waals surface area contributed by atoms with Crippen LogP contribution in [0.2, 0.25) is 0 Å². The number of urea groups is 1. The van der Waals surface area contributed by atoms with Gasteiger partial charge in [0, 0.05) is 26.6 Å². The molecule has 2 amide bonds. The highest BCUT2D eigenvalue weighted by Crippen LogP contribution is 2.22. The molecule has 1 unspecified atom stereocenters. The maximum Gasteiger partial charge on any atom is 0.390 e. The summed E-state index contributed by atoms with van der Waals surface area (Å²) in [4.78, 5) is 24.4. The Kier molecular flexibility index (Phi) is 4.61. The maximum absolute atomic E-state index is 12.0. The van der Waals surface area contributed by atoms with E-state index in [9.17, 15) is 27.9 Å².